The molecule has 0 spiro atoms. The average Bonchev–Trinajstić information content (AvgIpc) is 3.04. The van der Waals surface area contributed by atoms with Gasteiger partial charge in [-0.15, -0.1) is 5.10 Å². The van der Waals surface area contributed by atoms with Gasteiger partial charge in [0.05, 0.1) is 5.75 Å². The van der Waals surface area contributed by atoms with Crippen LogP contribution in [0.25, 0.3) is 11.4 Å². The Labute approximate surface area is 157 Å². The SMILES string of the molecule is Cc1cccc(-c2nc(SCC(=O)Nc3ccc(I)cc3)n[nH]2)c1. The number of aromatic amines is 1. The minimum absolute atomic E-state index is 0.0805. The van der Waals surface area contributed by atoms with Crippen molar-refractivity contribution < 1.29 is 4.79 Å². The predicted octanol–water partition coefficient (Wildman–Crippen LogP) is 4.12. The maximum absolute atomic E-state index is 12.0. The smallest absolute Gasteiger partial charge is 0.234 e. The Morgan fingerprint density at radius 1 is 1.25 bits per heavy atom. The maximum atomic E-state index is 12.0. The van der Waals surface area contributed by atoms with Crippen LogP contribution in [0.2, 0.25) is 0 Å². The Bertz CT molecular complexity index is 848. The first-order valence-corrected chi connectivity index (χ1v) is 9.34. The third kappa shape index (κ3) is 4.57. The predicted molar refractivity (Wildman–Crippen MR) is 105 cm³/mol. The summed E-state index contributed by atoms with van der Waals surface area (Å²) in [5, 5.41) is 10.5. The van der Waals surface area contributed by atoms with Crippen LogP contribution in [0.3, 0.4) is 0 Å². The van der Waals surface area contributed by atoms with Crippen LogP contribution in [0, 0.1) is 10.5 Å². The summed E-state index contributed by atoms with van der Waals surface area (Å²) in [6.45, 7) is 2.03. The van der Waals surface area contributed by atoms with Crippen LogP contribution in [0.15, 0.2) is 53.7 Å². The molecule has 3 rings (SSSR count). The van der Waals surface area contributed by atoms with Crippen molar-refractivity contribution in [3.8, 4) is 11.4 Å². The van der Waals surface area contributed by atoms with Crippen molar-refractivity contribution in [1.29, 1.82) is 0 Å². The number of hydrogen-bond acceptors (Lipinski definition) is 4. The number of rotatable bonds is 5. The van der Waals surface area contributed by atoms with Gasteiger partial charge >= 0.3 is 0 Å². The second-order valence-corrected chi connectivity index (χ2v) is 7.37. The number of anilines is 1. The lowest BCUT2D eigenvalue weighted by Gasteiger charge is -2.03. The van der Waals surface area contributed by atoms with Crippen molar-refractivity contribution in [2.24, 2.45) is 0 Å². The zero-order chi connectivity index (χ0) is 16.9. The molecule has 2 aromatic carbocycles. The number of benzene rings is 2. The van der Waals surface area contributed by atoms with Crippen LogP contribution in [0.5, 0.6) is 0 Å². The number of aromatic nitrogens is 3. The molecule has 0 fully saturated rings. The van der Waals surface area contributed by atoms with Crippen LogP contribution in [0.4, 0.5) is 5.69 Å². The van der Waals surface area contributed by atoms with Crippen molar-refractivity contribution in [3.63, 3.8) is 0 Å². The lowest BCUT2D eigenvalue weighted by molar-refractivity contribution is -0.113. The van der Waals surface area contributed by atoms with E-state index in [1.54, 1.807) is 0 Å². The minimum Gasteiger partial charge on any atom is -0.325 e. The van der Waals surface area contributed by atoms with Gasteiger partial charge in [0.15, 0.2) is 5.82 Å². The normalized spacial score (nSPS) is 10.6. The molecular weight excluding hydrogens is 435 g/mol. The van der Waals surface area contributed by atoms with Crippen LogP contribution in [-0.4, -0.2) is 26.8 Å². The molecule has 122 valence electrons. The minimum atomic E-state index is -0.0805. The van der Waals surface area contributed by atoms with Crippen molar-refractivity contribution in [1.82, 2.24) is 15.2 Å². The molecule has 0 atom stereocenters. The summed E-state index contributed by atoms with van der Waals surface area (Å²) in [4.78, 5) is 16.4. The van der Waals surface area contributed by atoms with E-state index >= 15 is 0 Å². The summed E-state index contributed by atoms with van der Waals surface area (Å²) < 4.78 is 1.13. The van der Waals surface area contributed by atoms with Gasteiger partial charge in [-0.25, -0.2) is 4.98 Å². The highest BCUT2D eigenvalue weighted by atomic mass is 127. The van der Waals surface area contributed by atoms with Gasteiger partial charge in [0.1, 0.15) is 0 Å². The summed E-state index contributed by atoms with van der Waals surface area (Å²) in [6.07, 6.45) is 0. The van der Waals surface area contributed by atoms with Gasteiger partial charge in [-0.2, -0.15) is 0 Å². The molecule has 1 amide bonds. The van der Waals surface area contributed by atoms with E-state index in [1.165, 1.54) is 11.8 Å². The van der Waals surface area contributed by atoms with Gasteiger partial charge in [-0.05, 0) is 59.8 Å². The highest BCUT2D eigenvalue weighted by molar-refractivity contribution is 14.1. The number of thioether (sulfide) groups is 1. The monoisotopic (exact) mass is 450 g/mol. The van der Waals surface area contributed by atoms with Gasteiger partial charge in [-0.1, -0.05) is 35.5 Å². The molecule has 3 aromatic rings. The number of carbonyl (C=O) groups is 1. The number of carbonyl (C=O) groups excluding carboxylic acids is 1. The van der Waals surface area contributed by atoms with Crippen molar-refractivity contribution >= 4 is 45.9 Å². The zero-order valence-corrected chi connectivity index (χ0v) is 15.9. The molecular formula is C17H15IN4OS. The van der Waals surface area contributed by atoms with Gasteiger partial charge in [0.25, 0.3) is 0 Å². The van der Waals surface area contributed by atoms with Crippen LogP contribution in [0.1, 0.15) is 5.56 Å². The maximum Gasteiger partial charge on any atom is 0.234 e. The van der Waals surface area contributed by atoms with E-state index in [9.17, 15) is 4.79 Å². The lowest BCUT2D eigenvalue weighted by Crippen LogP contribution is -2.14. The summed E-state index contributed by atoms with van der Waals surface area (Å²) in [7, 11) is 0. The number of amides is 1. The van der Waals surface area contributed by atoms with E-state index in [4.69, 9.17) is 0 Å². The van der Waals surface area contributed by atoms with Gasteiger partial charge < -0.3 is 5.32 Å². The third-order valence-electron chi connectivity index (χ3n) is 3.22. The first-order valence-electron chi connectivity index (χ1n) is 7.28. The molecule has 0 aliphatic rings. The number of nitrogens with one attached hydrogen (secondary N) is 2. The van der Waals surface area contributed by atoms with E-state index < -0.39 is 0 Å². The van der Waals surface area contributed by atoms with Gasteiger partial charge in [0.2, 0.25) is 11.1 Å². The molecule has 0 bridgehead atoms. The van der Waals surface area contributed by atoms with Gasteiger partial charge in [0, 0.05) is 14.8 Å². The fourth-order valence-corrected chi connectivity index (χ4v) is 3.05. The number of nitrogens with zero attached hydrogens (tertiary/aromatic N) is 2. The largest absolute Gasteiger partial charge is 0.325 e. The molecule has 7 heteroatoms. The average molecular weight is 450 g/mol. The topological polar surface area (TPSA) is 70.7 Å². The molecule has 0 saturated carbocycles. The second kappa shape index (κ2) is 7.80. The number of aryl methyl sites for hydroxylation is 1. The van der Waals surface area contributed by atoms with Crippen LogP contribution < -0.4 is 5.32 Å². The van der Waals surface area contributed by atoms with Gasteiger partial charge in [-0.3, -0.25) is 9.89 Å². The highest BCUT2D eigenvalue weighted by Crippen LogP contribution is 2.20. The second-order valence-electron chi connectivity index (χ2n) is 5.18. The van der Waals surface area contributed by atoms with E-state index in [1.807, 2.05) is 55.5 Å². The molecule has 24 heavy (non-hydrogen) atoms. The Morgan fingerprint density at radius 3 is 2.79 bits per heavy atom. The zero-order valence-electron chi connectivity index (χ0n) is 12.9. The summed E-state index contributed by atoms with van der Waals surface area (Å²) in [5.74, 6) is 0.888. The fourth-order valence-electron chi connectivity index (χ4n) is 2.09. The van der Waals surface area contributed by atoms with Crippen molar-refractivity contribution in [2.45, 2.75) is 12.1 Å². The molecule has 1 aromatic heterocycles. The van der Waals surface area contributed by atoms with Crippen molar-refractivity contribution in [3.05, 3.63) is 57.7 Å². The Hall–Kier alpha value is -1.87. The van der Waals surface area contributed by atoms with Crippen LogP contribution >= 0.6 is 34.4 Å². The molecule has 2 N–H and O–H groups in total. The van der Waals surface area contributed by atoms with Crippen molar-refractivity contribution in [2.75, 3.05) is 11.1 Å². The molecule has 0 aliphatic heterocycles. The van der Waals surface area contributed by atoms with E-state index in [2.05, 4.69) is 43.1 Å². The Morgan fingerprint density at radius 2 is 2.04 bits per heavy atom. The quantitative estimate of drug-likeness (QED) is 0.454. The van der Waals surface area contributed by atoms with E-state index in [0.29, 0.717) is 11.0 Å². The molecule has 1 heterocycles. The Balaban J connectivity index is 1.57. The Kier molecular flexibility index (Phi) is 5.52. The fraction of sp³-hybridized carbons (Fsp3) is 0.118. The number of hydrogen-bond donors (Lipinski definition) is 2. The summed E-state index contributed by atoms with van der Waals surface area (Å²) in [6, 6.07) is 15.7. The summed E-state index contributed by atoms with van der Waals surface area (Å²) in [5.41, 5.74) is 2.93. The third-order valence-corrected chi connectivity index (χ3v) is 4.78. The number of H-pyrrole nitrogens is 1. The standard InChI is InChI=1S/C17H15IN4OS/c1-11-3-2-4-12(9-11)16-20-17(22-21-16)24-10-15(23)19-14-7-5-13(18)6-8-14/h2-9H,10H2,1H3,(H,19,23)(H,20,21,22). The van der Waals surface area contributed by atoms with E-state index in [0.717, 1.165) is 20.4 Å². The lowest BCUT2D eigenvalue weighted by atomic mass is 10.1. The van der Waals surface area contributed by atoms with E-state index in [-0.39, 0.29) is 11.7 Å². The first kappa shape index (κ1) is 17.0. The number of halogens is 1. The molecule has 0 aliphatic carbocycles. The molecule has 0 unspecified atom stereocenters. The van der Waals surface area contributed by atoms with Crippen LogP contribution in [-0.2, 0) is 4.79 Å². The first-order chi connectivity index (χ1) is 11.6. The summed E-state index contributed by atoms with van der Waals surface area (Å²) >= 11 is 3.53. The molecule has 0 saturated heterocycles. The molecule has 5 nitrogen and oxygen atoms in total. The highest BCUT2D eigenvalue weighted by Gasteiger charge is 2.09. The molecule has 0 radical (unpaired) electrons.